The van der Waals surface area contributed by atoms with Crippen molar-refractivity contribution in [3.63, 3.8) is 0 Å². The molecule has 4 fully saturated rings. The van der Waals surface area contributed by atoms with Crippen LogP contribution in [0.25, 0.3) is 0 Å². The van der Waals surface area contributed by atoms with Crippen molar-refractivity contribution in [1.29, 1.82) is 0 Å². The second-order valence-corrected chi connectivity index (χ2v) is 14.1. The van der Waals surface area contributed by atoms with Gasteiger partial charge in [-0.3, -0.25) is 9.35 Å². The summed E-state index contributed by atoms with van der Waals surface area (Å²) in [4.78, 5) is 12.7. The summed E-state index contributed by atoms with van der Waals surface area (Å²) in [5, 5.41) is 10.00. The second-order valence-electron chi connectivity index (χ2n) is 10.8. The number of ketones is 1. The van der Waals surface area contributed by atoms with E-state index < -0.39 is 9.15 Å². The van der Waals surface area contributed by atoms with Crippen LogP contribution in [0.15, 0.2) is 11.6 Å². The number of terminal acetylenes is 1. The fourth-order valence-electron chi connectivity index (χ4n) is 7.26. The third-order valence-corrected chi connectivity index (χ3v) is 10.9. The van der Waals surface area contributed by atoms with Crippen molar-refractivity contribution < 1.29 is 22.9 Å². The number of carbonyl (C=O) groups excluding carboxylic acids is 1. The molecular weight excluding hydrogens is 444 g/mol. The number of aliphatic hydroxyl groups is 1. The largest absolute Gasteiger partial charge is 0.393 e. The van der Waals surface area contributed by atoms with Crippen LogP contribution in [0.2, 0.25) is 0 Å². The number of fused-ring (bicyclic) bond motifs is 5. The number of rotatable bonds is 4. The van der Waals surface area contributed by atoms with Crippen LogP contribution in [0, 0.1) is 53.3 Å². The molecule has 4 saturated carbocycles. The fourth-order valence-corrected chi connectivity index (χ4v) is 8.52. The van der Waals surface area contributed by atoms with Gasteiger partial charge in [0, 0.05) is 22.6 Å². The van der Waals surface area contributed by atoms with Gasteiger partial charge in [-0.2, -0.15) is 8.42 Å². The summed E-state index contributed by atoms with van der Waals surface area (Å²) in [6.07, 6.45) is 17.7. The van der Waals surface area contributed by atoms with Crippen LogP contribution >= 0.6 is 10.8 Å². The Hall–Kier alpha value is -0.810. The van der Waals surface area contributed by atoms with E-state index in [2.05, 4.69) is 18.9 Å². The molecule has 5 nitrogen and oxygen atoms in total. The maximum atomic E-state index is 12.7. The van der Waals surface area contributed by atoms with Gasteiger partial charge in [-0.1, -0.05) is 18.6 Å². The number of carbonyl (C=O) groups is 1. The van der Waals surface area contributed by atoms with Crippen molar-refractivity contribution in [3.05, 3.63) is 11.6 Å². The molecule has 0 bridgehead atoms. The minimum atomic E-state index is -4.17. The molecule has 0 saturated heterocycles. The highest BCUT2D eigenvalue weighted by molar-refractivity contribution is 8.70. The first-order chi connectivity index (χ1) is 15.1. The molecule has 178 valence electrons. The topological polar surface area (TPSA) is 91.7 Å². The van der Waals surface area contributed by atoms with Gasteiger partial charge >= 0.3 is 9.15 Å². The molecule has 0 radical (unpaired) electrons. The van der Waals surface area contributed by atoms with E-state index in [4.69, 9.17) is 11.0 Å². The first kappa shape index (κ1) is 24.3. The van der Waals surface area contributed by atoms with Crippen molar-refractivity contribution in [2.24, 2.45) is 40.9 Å². The molecule has 7 heteroatoms. The summed E-state index contributed by atoms with van der Waals surface area (Å²) >= 11 is 0. The van der Waals surface area contributed by atoms with E-state index in [1.54, 1.807) is 0 Å². The molecule has 0 heterocycles. The standard InChI is InChI=1S/C20H30O5S2.C5H6/c1-20-9-8-15-14-5-3-13(21)10-12(14)2-4-16(15)17(20)6-7-18(20)19(22)11-26-27(23,24)25;1-2-5-3-4-5/h2,13-18,21H,3-11H2,1H3,(H,23,24,25);1,5H,3-4H2. The Morgan fingerprint density at radius 2 is 1.94 bits per heavy atom. The Balaban J connectivity index is 0.000000433. The van der Waals surface area contributed by atoms with Gasteiger partial charge in [-0.05, 0) is 93.3 Å². The SMILES string of the molecule is C#CC1CC1.CC12CCC3C4CCC(O)CC4=CCC3C1CCC2C(=O)CSS(=O)(=O)O. The lowest BCUT2D eigenvalue weighted by Gasteiger charge is -2.53. The summed E-state index contributed by atoms with van der Waals surface area (Å²) in [5.41, 5.74) is 1.42. The first-order valence-corrected chi connectivity index (χ1v) is 15.0. The normalized spacial score (nSPS) is 40.5. The average Bonchev–Trinajstić information content (AvgIpc) is 3.52. The van der Waals surface area contributed by atoms with Gasteiger partial charge < -0.3 is 5.11 Å². The maximum absolute atomic E-state index is 12.7. The Kier molecular flexibility index (Phi) is 7.18. The number of aliphatic hydroxyl groups excluding tert-OH is 1. The van der Waals surface area contributed by atoms with Crippen molar-refractivity contribution in [2.75, 3.05) is 5.75 Å². The molecular formula is C25H36O5S2. The van der Waals surface area contributed by atoms with Crippen LogP contribution < -0.4 is 0 Å². The molecule has 0 aromatic heterocycles. The smallest absolute Gasteiger partial charge is 0.320 e. The molecule has 7 unspecified atom stereocenters. The van der Waals surface area contributed by atoms with Gasteiger partial charge in [0.2, 0.25) is 0 Å². The van der Waals surface area contributed by atoms with Crippen LogP contribution in [0.3, 0.4) is 0 Å². The highest BCUT2D eigenvalue weighted by atomic mass is 33.1. The van der Waals surface area contributed by atoms with E-state index in [1.165, 1.54) is 18.4 Å². The summed E-state index contributed by atoms with van der Waals surface area (Å²) < 4.78 is 30.9. The van der Waals surface area contributed by atoms with E-state index in [0.29, 0.717) is 40.4 Å². The summed E-state index contributed by atoms with van der Waals surface area (Å²) in [7, 11) is -3.82. The van der Waals surface area contributed by atoms with Crippen LogP contribution in [0.1, 0.15) is 71.1 Å². The predicted octanol–water partition coefficient (Wildman–Crippen LogP) is 4.67. The Morgan fingerprint density at radius 3 is 2.56 bits per heavy atom. The Labute approximate surface area is 196 Å². The lowest BCUT2D eigenvalue weighted by molar-refractivity contribution is -0.126. The summed E-state index contributed by atoms with van der Waals surface area (Å²) in [5.74, 6) is 5.47. The summed E-state index contributed by atoms with van der Waals surface area (Å²) in [6.45, 7) is 2.24. The monoisotopic (exact) mass is 480 g/mol. The molecule has 0 amide bonds. The minimum Gasteiger partial charge on any atom is -0.393 e. The van der Waals surface area contributed by atoms with Crippen LogP contribution in [-0.4, -0.2) is 35.7 Å². The van der Waals surface area contributed by atoms with Gasteiger partial charge in [-0.25, -0.2) is 0 Å². The van der Waals surface area contributed by atoms with E-state index >= 15 is 0 Å². The quantitative estimate of drug-likeness (QED) is 0.263. The van der Waals surface area contributed by atoms with Crippen LogP contribution in [0.5, 0.6) is 0 Å². The van der Waals surface area contributed by atoms with Gasteiger partial charge in [0.25, 0.3) is 0 Å². The van der Waals surface area contributed by atoms with E-state index in [0.717, 1.165) is 51.4 Å². The van der Waals surface area contributed by atoms with Gasteiger partial charge in [0.15, 0.2) is 0 Å². The predicted molar refractivity (Wildman–Crippen MR) is 127 cm³/mol. The van der Waals surface area contributed by atoms with Crippen LogP contribution in [0.4, 0.5) is 0 Å². The molecule has 0 aromatic carbocycles. The number of allylic oxidation sites excluding steroid dienone is 1. The van der Waals surface area contributed by atoms with Gasteiger partial charge in [0.05, 0.1) is 11.9 Å². The molecule has 5 rings (SSSR count). The molecule has 5 aliphatic carbocycles. The van der Waals surface area contributed by atoms with Crippen molar-refractivity contribution in [2.45, 2.75) is 77.2 Å². The third kappa shape index (κ3) is 5.14. The number of hydrogen-bond acceptors (Lipinski definition) is 5. The lowest BCUT2D eigenvalue weighted by Crippen LogP contribution is -2.47. The molecule has 2 N–H and O–H groups in total. The van der Waals surface area contributed by atoms with Crippen LogP contribution in [-0.2, 0) is 13.9 Å². The second kappa shape index (κ2) is 9.44. The molecule has 0 spiro atoms. The highest BCUT2D eigenvalue weighted by Gasteiger charge is 2.57. The average molecular weight is 481 g/mol. The molecule has 0 aromatic rings. The molecule has 7 atom stereocenters. The molecule has 5 aliphatic rings. The Bertz CT molecular complexity index is 900. The van der Waals surface area contributed by atoms with Gasteiger partial charge in [0.1, 0.15) is 5.78 Å². The van der Waals surface area contributed by atoms with E-state index in [9.17, 15) is 18.3 Å². The number of hydrogen-bond donors (Lipinski definition) is 2. The zero-order valence-corrected chi connectivity index (χ0v) is 20.5. The zero-order valence-electron chi connectivity index (χ0n) is 18.9. The fraction of sp³-hybridized carbons (Fsp3) is 0.800. The highest BCUT2D eigenvalue weighted by Crippen LogP contribution is 2.63. The molecule has 0 aliphatic heterocycles. The van der Waals surface area contributed by atoms with Crippen molar-refractivity contribution in [1.82, 2.24) is 0 Å². The van der Waals surface area contributed by atoms with E-state index in [-0.39, 0.29) is 29.0 Å². The third-order valence-electron chi connectivity index (χ3n) is 8.97. The molecule has 32 heavy (non-hydrogen) atoms. The van der Waals surface area contributed by atoms with Gasteiger partial charge in [-0.15, -0.1) is 12.3 Å². The van der Waals surface area contributed by atoms with Crippen molar-refractivity contribution in [3.8, 4) is 12.3 Å². The first-order valence-electron chi connectivity index (χ1n) is 12.1. The minimum absolute atomic E-state index is 0.0195. The number of Topliss-reactive ketones (excluding diaryl/α,β-unsaturated/α-hetero) is 1. The Morgan fingerprint density at radius 1 is 1.19 bits per heavy atom. The summed E-state index contributed by atoms with van der Waals surface area (Å²) in [6, 6.07) is 0. The maximum Gasteiger partial charge on any atom is 0.320 e. The van der Waals surface area contributed by atoms with E-state index in [1.807, 2.05) is 0 Å². The zero-order chi connectivity index (χ0) is 23.1. The lowest BCUT2D eigenvalue weighted by atomic mass is 9.51. The van der Waals surface area contributed by atoms with Crippen molar-refractivity contribution >= 4 is 25.7 Å².